The number of aryl methyl sites for hydroxylation is 1. The molecule has 0 aliphatic heterocycles. The predicted octanol–water partition coefficient (Wildman–Crippen LogP) is 2.74. The third-order valence-corrected chi connectivity index (χ3v) is 4.22. The van der Waals surface area contributed by atoms with Gasteiger partial charge in [-0.25, -0.2) is 0 Å². The minimum atomic E-state index is -0.564. The van der Waals surface area contributed by atoms with Crippen molar-refractivity contribution in [1.29, 1.82) is 0 Å². The Hall–Kier alpha value is -3.22. The number of ether oxygens (including phenoxy) is 1. The van der Waals surface area contributed by atoms with Gasteiger partial charge in [0.05, 0.1) is 7.11 Å². The van der Waals surface area contributed by atoms with E-state index in [0.29, 0.717) is 12.2 Å². The van der Waals surface area contributed by atoms with Gasteiger partial charge in [0.15, 0.2) is 5.82 Å². The molecule has 1 atom stereocenters. The summed E-state index contributed by atoms with van der Waals surface area (Å²) in [5.41, 5.74) is 2.84. The Bertz CT molecular complexity index is 864. The lowest BCUT2D eigenvalue weighted by Crippen LogP contribution is -2.24. The minimum absolute atomic E-state index is 0.171. The van der Waals surface area contributed by atoms with Crippen LogP contribution < -0.4 is 10.1 Å². The largest absolute Gasteiger partial charge is 0.497 e. The number of nitrogens with zero attached hydrogens (tertiary/aromatic N) is 3. The summed E-state index contributed by atoms with van der Waals surface area (Å²) in [6.45, 7) is 2.05. The SMILES string of the molecule is CCc1ccccc1NC(=O)[C@@H](Cc1cccc(OC)c1)c1nn[nH]n1. The van der Waals surface area contributed by atoms with Crippen LogP contribution in [0, 0.1) is 0 Å². The van der Waals surface area contributed by atoms with Gasteiger partial charge in [0.1, 0.15) is 11.7 Å². The minimum Gasteiger partial charge on any atom is -0.497 e. The number of carbonyl (C=O) groups is 1. The molecule has 0 radical (unpaired) electrons. The first kappa shape index (κ1) is 17.6. The van der Waals surface area contributed by atoms with E-state index in [4.69, 9.17) is 4.74 Å². The molecule has 1 aromatic heterocycles. The highest BCUT2D eigenvalue weighted by atomic mass is 16.5. The number of hydrogen-bond acceptors (Lipinski definition) is 5. The van der Waals surface area contributed by atoms with Crippen molar-refractivity contribution in [3.05, 3.63) is 65.5 Å². The van der Waals surface area contributed by atoms with Crippen LogP contribution in [0.25, 0.3) is 0 Å². The lowest BCUT2D eigenvalue weighted by molar-refractivity contribution is -0.117. The molecular formula is C19H21N5O2. The number of hydrogen-bond donors (Lipinski definition) is 2. The zero-order chi connectivity index (χ0) is 18.4. The van der Waals surface area contributed by atoms with Crippen LogP contribution in [0.3, 0.4) is 0 Å². The van der Waals surface area contributed by atoms with E-state index < -0.39 is 5.92 Å². The number of anilines is 1. The maximum absolute atomic E-state index is 13.0. The van der Waals surface area contributed by atoms with Crippen molar-refractivity contribution in [2.24, 2.45) is 0 Å². The molecule has 0 aliphatic rings. The molecule has 7 nitrogen and oxygen atoms in total. The van der Waals surface area contributed by atoms with E-state index in [1.807, 2.05) is 48.5 Å². The fourth-order valence-corrected chi connectivity index (χ4v) is 2.82. The Morgan fingerprint density at radius 3 is 2.81 bits per heavy atom. The number of aromatic nitrogens is 4. The third kappa shape index (κ3) is 4.05. The number of benzene rings is 2. The third-order valence-electron chi connectivity index (χ3n) is 4.22. The van der Waals surface area contributed by atoms with Crippen LogP contribution in [-0.2, 0) is 17.6 Å². The van der Waals surface area contributed by atoms with Crippen molar-refractivity contribution < 1.29 is 9.53 Å². The number of para-hydroxylation sites is 1. The van der Waals surface area contributed by atoms with Crippen molar-refractivity contribution in [3.8, 4) is 5.75 Å². The van der Waals surface area contributed by atoms with E-state index in [-0.39, 0.29) is 5.91 Å². The Labute approximate surface area is 151 Å². The van der Waals surface area contributed by atoms with Crippen LogP contribution in [0.2, 0.25) is 0 Å². The van der Waals surface area contributed by atoms with Gasteiger partial charge in [-0.3, -0.25) is 4.79 Å². The first-order chi connectivity index (χ1) is 12.7. The number of tetrazole rings is 1. The van der Waals surface area contributed by atoms with Crippen molar-refractivity contribution in [3.63, 3.8) is 0 Å². The Morgan fingerprint density at radius 2 is 2.08 bits per heavy atom. The average molecular weight is 351 g/mol. The smallest absolute Gasteiger partial charge is 0.235 e. The molecule has 0 saturated heterocycles. The molecule has 3 aromatic rings. The maximum atomic E-state index is 13.0. The summed E-state index contributed by atoms with van der Waals surface area (Å²) in [6.07, 6.45) is 1.27. The molecule has 1 heterocycles. The molecule has 134 valence electrons. The highest BCUT2D eigenvalue weighted by Crippen LogP contribution is 2.23. The van der Waals surface area contributed by atoms with Gasteiger partial charge in [0, 0.05) is 5.69 Å². The number of rotatable bonds is 7. The number of nitrogens with one attached hydrogen (secondary N) is 2. The summed E-state index contributed by atoms with van der Waals surface area (Å²) in [5.74, 6) is 0.367. The van der Waals surface area contributed by atoms with Crippen LogP contribution in [0.1, 0.15) is 29.8 Å². The monoisotopic (exact) mass is 351 g/mol. The molecule has 0 unspecified atom stereocenters. The second kappa shape index (κ2) is 8.24. The molecule has 0 spiro atoms. The highest BCUT2D eigenvalue weighted by Gasteiger charge is 2.26. The number of amides is 1. The average Bonchev–Trinajstić information content (AvgIpc) is 3.21. The molecular weight excluding hydrogens is 330 g/mol. The quantitative estimate of drug-likeness (QED) is 0.683. The van der Waals surface area contributed by atoms with Crippen molar-refractivity contribution in [2.75, 3.05) is 12.4 Å². The van der Waals surface area contributed by atoms with Gasteiger partial charge in [-0.2, -0.15) is 5.21 Å². The van der Waals surface area contributed by atoms with Gasteiger partial charge < -0.3 is 10.1 Å². The molecule has 2 aromatic carbocycles. The second-order valence-corrected chi connectivity index (χ2v) is 5.88. The lowest BCUT2D eigenvalue weighted by Gasteiger charge is -2.16. The topological polar surface area (TPSA) is 92.8 Å². The first-order valence-corrected chi connectivity index (χ1v) is 8.46. The normalized spacial score (nSPS) is 11.8. The van der Waals surface area contributed by atoms with Crippen LogP contribution in [-0.4, -0.2) is 33.6 Å². The molecule has 26 heavy (non-hydrogen) atoms. The molecule has 1 amide bonds. The second-order valence-electron chi connectivity index (χ2n) is 5.88. The zero-order valence-corrected chi connectivity index (χ0v) is 14.8. The van der Waals surface area contributed by atoms with E-state index in [1.54, 1.807) is 7.11 Å². The standard InChI is InChI=1S/C19H21N5O2/c1-3-14-8-4-5-10-17(14)20-19(25)16(18-21-23-24-22-18)12-13-7-6-9-15(11-13)26-2/h4-11,16H,3,12H2,1-2H3,(H,20,25)(H,21,22,23,24)/t16-/m0/s1. The summed E-state index contributed by atoms with van der Waals surface area (Å²) < 4.78 is 5.26. The summed E-state index contributed by atoms with van der Waals surface area (Å²) in [6, 6.07) is 15.4. The fraction of sp³-hybridized carbons (Fsp3) is 0.263. The number of aromatic amines is 1. The van der Waals surface area contributed by atoms with Gasteiger partial charge >= 0.3 is 0 Å². The van der Waals surface area contributed by atoms with Crippen LogP contribution in [0.5, 0.6) is 5.75 Å². The van der Waals surface area contributed by atoms with E-state index >= 15 is 0 Å². The van der Waals surface area contributed by atoms with E-state index in [0.717, 1.165) is 29.0 Å². The van der Waals surface area contributed by atoms with Crippen LogP contribution >= 0.6 is 0 Å². The molecule has 0 saturated carbocycles. The summed E-state index contributed by atoms with van der Waals surface area (Å²) in [5, 5.41) is 17.1. The molecule has 3 rings (SSSR count). The zero-order valence-electron chi connectivity index (χ0n) is 14.8. The number of methoxy groups -OCH3 is 1. The number of H-pyrrole nitrogens is 1. The predicted molar refractivity (Wildman–Crippen MR) is 98.1 cm³/mol. The van der Waals surface area contributed by atoms with Gasteiger partial charge in [0.25, 0.3) is 0 Å². The Morgan fingerprint density at radius 1 is 1.23 bits per heavy atom. The molecule has 0 bridgehead atoms. The summed E-state index contributed by atoms with van der Waals surface area (Å²) >= 11 is 0. The van der Waals surface area contributed by atoms with Gasteiger partial charge in [-0.15, -0.1) is 10.2 Å². The molecule has 2 N–H and O–H groups in total. The van der Waals surface area contributed by atoms with Crippen molar-refractivity contribution in [2.45, 2.75) is 25.7 Å². The lowest BCUT2D eigenvalue weighted by atomic mass is 9.97. The van der Waals surface area contributed by atoms with Crippen molar-refractivity contribution in [1.82, 2.24) is 20.6 Å². The van der Waals surface area contributed by atoms with Gasteiger partial charge in [-0.05, 0) is 42.2 Å². The van der Waals surface area contributed by atoms with E-state index in [9.17, 15) is 4.79 Å². The fourth-order valence-electron chi connectivity index (χ4n) is 2.82. The summed E-state index contributed by atoms with van der Waals surface area (Å²) in [7, 11) is 1.62. The Balaban J connectivity index is 1.85. The molecule has 0 aliphatic carbocycles. The Kier molecular flexibility index (Phi) is 5.58. The highest BCUT2D eigenvalue weighted by molar-refractivity contribution is 5.96. The molecule has 0 fully saturated rings. The van der Waals surface area contributed by atoms with Gasteiger partial charge in [-0.1, -0.05) is 42.5 Å². The van der Waals surface area contributed by atoms with Crippen LogP contribution in [0.15, 0.2) is 48.5 Å². The number of carbonyl (C=O) groups excluding carboxylic acids is 1. The molecule has 7 heteroatoms. The van der Waals surface area contributed by atoms with E-state index in [2.05, 4.69) is 32.9 Å². The first-order valence-electron chi connectivity index (χ1n) is 8.46. The van der Waals surface area contributed by atoms with E-state index in [1.165, 1.54) is 0 Å². The van der Waals surface area contributed by atoms with Gasteiger partial charge in [0.2, 0.25) is 5.91 Å². The van der Waals surface area contributed by atoms with Crippen LogP contribution in [0.4, 0.5) is 5.69 Å². The maximum Gasteiger partial charge on any atom is 0.235 e. The summed E-state index contributed by atoms with van der Waals surface area (Å²) in [4.78, 5) is 13.0. The van der Waals surface area contributed by atoms with Crippen molar-refractivity contribution >= 4 is 11.6 Å².